The number of rotatable bonds is 5. The van der Waals surface area contributed by atoms with E-state index in [-0.39, 0.29) is 22.7 Å². The van der Waals surface area contributed by atoms with E-state index in [9.17, 15) is 25.0 Å². The largest absolute Gasteiger partial charge is 0.301 e. The molecule has 11 heteroatoms. The number of nitro benzene ring substituents is 2. The summed E-state index contributed by atoms with van der Waals surface area (Å²) in [6.07, 6.45) is 0. The van der Waals surface area contributed by atoms with E-state index in [4.69, 9.17) is 11.6 Å². The summed E-state index contributed by atoms with van der Waals surface area (Å²) in [5, 5.41) is 22.9. The smallest absolute Gasteiger partial charge is 0.276 e. The van der Waals surface area contributed by atoms with Crippen molar-refractivity contribution < 1.29 is 9.85 Å². The number of aromatic nitrogens is 2. The van der Waals surface area contributed by atoms with Crippen LogP contribution in [0.4, 0.5) is 11.4 Å². The minimum absolute atomic E-state index is 0.157. The number of thioether (sulfide) groups is 1. The lowest BCUT2D eigenvalue weighted by molar-refractivity contribution is -0.394. The van der Waals surface area contributed by atoms with Crippen LogP contribution in [0, 0.1) is 20.2 Å². The molecular weight excluding hydrogens is 384 g/mol. The summed E-state index contributed by atoms with van der Waals surface area (Å²) in [5.41, 5.74) is -0.292. The molecule has 1 heterocycles. The van der Waals surface area contributed by atoms with Crippen molar-refractivity contribution in [1.29, 1.82) is 0 Å². The van der Waals surface area contributed by atoms with Gasteiger partial charge in [0.05, 0.1) is 26.8 Å². The Morgan fingerprint density at radius 3 is 2.35 bits per heavy atom. The van der Waals surface area contributed by atoms with Crippen molar-refractivity contribution in [2.45, 2.75) is 10.9 Å². The van der Waals surface area contributed by atoms with Gasteiger partial charge in [0.2, 0.25) is 0 Å². The Morgan fingerprint density at radius 2 is 1.73 bits per heavy atom. The van der Waals surface area contributed by atoms with Crippen LogP contribution in [0.5, 0.6) is 0 Å². The van der Waals surface area contributed by atoms with Gasteiger partial charge in [0.25, 0.3) is 16.9 Å². The highest BCUT2D eigenvalue weighted by molar-refractivity contribution is 7.98. The molecule has 0 bridgehead atoms. The first kappa shape index (κ1) is 17.8. The maximum atomic E-state index is 12.1. The molecule has 3 aromatic rings. The first-order chi connectivity index (χ1) is 12.3. The number of H-pyrrole nitrogens is 1. The zero-order valence-corrected chi connectivity index (χ0v) is 14.4. The van der Waals surface area contributed by atoms with Crippen molar-refractivity contribution in [2.24, 2.45) is 0 Å². The molecule has 0 aliphatic carbocycles. The molecule has 26 heavy (non-hydrogen) atoms. The van der Waals surface area contributed by atoms with Crippen molar-refractivity contribution in [3.8, 4) is 0 Å². The van der Waals surface area contributed by atoms with Gasteiger partial charge in [-0.3, -0.25) is 25.0 Å². The summed E-state index contributed by atoms with van der Waals surface area (Å²) in [6, 6.07) is 8.11. The SMILES string of the molecule is O=c1[nH]c(SCc2cc([N+](=O)[O-])cc([N+](=O)[O-])c2)nc2ccc(Cl)cc12. The Kier molecular flexibility index (Phi) is 4.87. The third-order valence-corrected chi connectivity index (χ3v) is 4.58. The highest BCUT2D eigenvalue weighted by Gasteiger charge is 2.16. The summed E-state index contributed by atoms with van der Waals surface area (Å²) in [5.74, 6) is 0.157. The molecule has 0 saturated carbocycles. The van der Waals surface area contributed by atoms with Crippen molar-refractivity contribution in [2.75, 3.05) is 0 Å². The van der Waals surface area contributed by atoms with Gasteiger partial charge in [0, 0.05) is 22.9 Å². The first-order valence-electron chi connectivity index (χ1n) is 7.08. The molecule has 132 valence electrons. The monoisotopic (exact) mass is 392 g/mol. The van der Waals surface area contributed by atoms with Gasteiger partial charge in [-0.2, -0.15) is 0 Å². The first-order valence-corrected chi connectivity index (χ1v) is 8.45. The second-order valence-corrected chi connectivity index (χ2v) is 6.59. The molecule has 0 aliphatic rings. The second kappa shape index (κ2) is 7.10. The van der Waals surface area contributed by atoms with Gasteiger partial charge < -0.3 is 4.98 Å². The lowest BCUT2D eigenvalue weighted by atomic mass is 10.2. The Bertz CT molecular complexity index is 1070. The number of benzene rings is 2. The van der Waals surface area contributed by atoms with E-state index in [1.165, 1.54) is 18.2 Å². The predicted molar refractivity (Wildman–Crippen MR) is 96.7 cm³/mol. The number of hydrogen-bond donors (Lipinski definition) is 1. The summed E-state index contributed by atoms with van der Waals surface area (Å²) in [6.45, 7) is 0. The van der Waals surface area contributed by atoms with Crippen LogP contribution in [0.15, 0.2) is 46.3 Å². The fraction of sp³-hybridized carbons (Fsp3) is 0.0667. The maximum absolute atomic E-state index is 12.1. The van der Waals surface area contributed by atoms with Crippen LogP contribution in [0.1, 0.15) is 5.56 Å². The number of non-ortho nitro benzene ring substituents is 2. The van der Waals surface area contributed by atoms with Gasteiger partial charge in [-0.1, -0.05) is 23.4 Å². The van der Waals surface area contributed by atoms with Crippen molar-refractivity contribution in [1.82, 2.24) is 9.97 Å². The molecular formula is C15H9ClN4O5S. The predicted octanol–water partition coefficient (Wildman–Crippen LogP) is 3.69. The summed E-state index contributed by atoms with van der Waals surface area (Å²) in [4.78, 5) is 39.5. The van der Waals surface area contributed by atoms with E-state index >= 15 is 0 Å². The number of aromatic amines is 1. The minimum Gasteiger partial charge on any atom is -0.301 e. The van der Waals surface area contributed by atoms with Crippen molar-refractivity contribution in [3.05, 3.63) is 77.6 Å². The van der Waals surface area contributed by atoms with Gasteiger partial charge in [0.1, 0.15) is 0 Å². The number of nitrogens with one attached hydrogen (secondary N) is 1. The van der Waals surface area contributed by atoms with E-state index in [1.54, 1.807) is 12.1 Å². The number of nitrogens with zero attached hydrogens (tertiary/aromatic N) is 3. The molecule has 0 aliphatic heterocycles. The van der Waals surface area contributed by atoms with E-state index in [0.29, 0.717) is 26.6 Å². The Morgan fingerprint density at radius 1 is 1.08 bits per heavy atom. The van der Waals surface area contributed by atoms with Gasteiger partial charge in [-0.15, -0.1) is 0 Å². The number of halogens is 1. The standard InChI is InChI=1S/C15H9ClN4O5S/c16-9-1-2-13-12(5-9)14(21)18-15(17-13)26-7-8-3-10(19(22)23)6-11(4-8)20(24)25/h1-6H,7H2,(H,17,18,21). The number of nitro groups is 2. The topological polar surface area (TPSA) is 132 Å². The van der Waals surface area contributed by atoms with Crippen LogP contribution in [-0.4, -0.2) is 19.8 Å². The lowest BCUT2D eigenvalue weighted by Crippen LogP contribution is -2.09. The van der Waals surface area contributed by atoms with E-state index in [2.05, 4.69) is 9.97 Å². The quantitative estimate of drug-likeness (QED) is 0.303. The minimum atomic E-state index is -0.693. The summed E-state index contributed by atoms with van der Waals surface area (Å²) in [7, 11) is 0. The second-order valence-electron chi connectivity index (χ2n) is 5.19. The van der Waals surface area contributed by atoms with Crippen LogP contribution in [0.3, 0.4) is 0 Å². The van der Waals surface area contributed by atoms with Gasteiger partial charge in [-0.05, 0) is 23.8 Å². The van der Waals surface area contributed by atoms with Crippen LogP contribution < -0.4 is 5.56 Å². The highest BCUT2D eigenvalue weighted by atomic mass is 35.5. The molecule has 0 fully saturated rings. The summed E-state index contributed by atoms with van der Waals surface area (Å²) >= 11 is 6.96. The Labute approximate surface area is 154 Å². The third kappa shape index (κ3) is 3.81. The lowest BCUT2D eigenvalue weighted by Gasteiger charge is -2.04. The maximum Gasteiger partial charge on any atom is 0.276 e. The van der Waals surface area contributed by atoms with E-state index in [1.807, 2.05) is 0 Å². The molecule has 0 radical (unpaired) electrons. The van der Waals surface area contributed by atoms with Crippen LogP contribution in [0.2, 0.25) is 5.02 Å². The molecule has 3 rings (SSSR count). The van der Waals surface area contributed by atoms with Crippen LogP contribution in [-0.2, 0) is 5.75 Å². The molecule has 9 nitrogen and oxygen atoms in total. The Hall–Kier alpha value is -2.98. The number of fused-ring (bicyclic) bond motifs is 1. The van der Waals surface area contributed by atoms with Gasteiger partial charge >= 0.3 is 0 Å². The molecule has 0 atom stereocenters. The molecule has 2 aromatic carbocycles. The van der Waals surface area contributed by atoms with E-state index < -0.39 is 9.85 Å². The summed E-state index contributed by atoms with van der Waals surface area (Å²) < 4.78 is 0. The molecule has 1 N–H and O–H groups in total. The zero-order chi connectivity index (χ0) is 18.8. The Balaban J connectivity index is 1.90. The number of hydrogen-bond acceptors (Lipinski definition) is 7. The average molecular weight is 393 g/mol. The fourth-order valence-electron chi connectivity index (χ4n) is 2.26. The van der Waals surface area contributed by atoms with Crippen molar-refractivity contribution in [3.63, 3.8) is 0 Å². The molecule has 0 amide bonds. The van der Waals surface area contributed by atoms with Gasteiger partial charge in [0.15, 0.2) is 5.16 Å². The molecule has 0 saturated heterocycles. The normalized spacial score (nSPS) is 10.8. The molecule has 1 aromatic heterocycles. The molecule has 0 spiro atoms. The highest BCUT2D eigenvalue weighted by Crippen LogP contribution is 2.27. The molecule has 0 unspecified atom stereocenters. The van der Waals surface area contributed by atoms with E-state index in [0.717, 1.165) is 17.8 Å². The third-order valence-electron chi connectivity index (χ3n) is 3.41. The zero-order valence-electron chi connectivity index (χ0n) is 12.8. The van der Waals surface area contributed by atoms with Gasteiger partial charge in [-0.25, -0.2) is 4.98 Å². The fourth-order valence-corrected chi connectivity index (χ4v) is 3.23. The average Bonchev–Trinajstić information content (AvgIpc) is 2.60. The van der Waals surface area contributed by atoms with Crippen molar-refractivity contribution >= 4 is 45.6 Å². The van der Waals surface area contributed by atoms with Crippen LogP contribution in [0.25, 0.3) is 10.9 Å². The van der Waals surface area contributed by atoms with Crippen LogP contribution >= 0.6 is 23.4 Å².